The van der Waals surface area contributed by atoms with Crippen LogP contribution in [0.5, 0.6) is 0 Å². The monoisotopic (exact) mass is 155 g/mol. The first-order chi connectivity index (χ1) is 5.13. The molecule has 0 saturated carbocycles. The maximum atomic E-state index is 5.56. The summed E-state index contributed by atoms with van der Waals surface area (Å²) >= 11 is 0. The van der Waals surface area contributed by atoms with Crippen LogP contribution < -0.4 is 0 Å². The number of likely N-dealkylation sites (N-methyl/N-ethyl adjacent to an activating group) is 1. The van der Waals surface area contributed by atoms with Crippen molar-refractivity contribution in [3.63, 3.8) is 0 Å². The van der Waals surface area contributed by atoms with Crippen molar-refractivity contribution in [2.75, 3.05) is 20.2 Å². The Kier molecular flexibility index (Phi) is 2.42. The minimum atomic E-state index is 0.512. The summed E-state index contributed by atoms with van der Waals surface area (Å²) in [6.45, 7) is 8.30. The van der Waals surface area contributed by atoms with E-state index in [2.05, 4.69) is 32.7 Å². The first-order valence-electron chi connectivity index (χ1n) is 4.17. The van der Waals surface area contributed by atoms with Crippen LogP contribution in [-0.4, -0.2) is 25.1 Å². The van der Waals surface area contributed by atoms with Crippen molar-refractivity contribution in [2.45, 2.75) is 20.8 Å². The van der Waals surface area contributed by atoms with E-state index in [9.17, 15) is 0 Å². The number of allylic oxidation sites excluding steroid dienone is 2. The first kappa shape index (κ1) is 8.44. The van der Waals surface area contributed by atoms with Crippen LogP contribution in [0.2, 0.25) is 0 Å². The molecule has 1 aliphatic heterocycles. The van der Waals surface area contributed by atoms with Crippen molar-refractivity contribution in [3.05, 3.63) is 11.5 Å². The van der Waals surface area contributed by atoms with Gasteiger partial charge in [-0.1, -0.05) is 13.8 Å². The van der Waals surface area contributed by atoms with Crippen molar-refractivity contribution in [1.82, 2.24) is 4.90 Å². The predicted molar refractivity (Wildman–Crippen MR) is 46.1 cm³/mol. The highest BCUT2D eigenvalue weighted by atomic mass is 16.5. The summed E-state index contributed by atoms with van der Waals surface area (Å²) in [5.41, 5.74) is 1.28. The van der Waals surface area contributed by atoms with E-state index in [1.54, 1.807) is 0 Å². The van der Waals surface area contributed by atoms with Gasteiger partial charge in [0.05, 0.1) is 6.54 Å². The van der Waals surface area contributed by atoms with Crippen LogP contribution in [0.3, 0.4) is 0 Å². The van der Waals surface area contributed by atoms with Crippen molar-refractivity contribution in [1.29, 1.82) is 0 Å². The molecule has 0 atom stereocenters. The summed E-state index contributed by atoms with van der Waals surface area (Å²) in [5.74, 6) is 1.66. The number of nitrogens with zero attached hydrogens (tertiary/aromatic N) is 1. The Morgan fingerprint density at radius 3 is 2.55 bits per heavy atom. The third-order valence-corrected chi connectivity index (χ3v) is 2.14. The lowest BCUT2D eigenvalue weighted by atomic mass is 10.1. The van der Waals surface area contributed by atoms with Gasteiger partial charge in [-0.15, -0.1) is 0 Å². The molecule has 11 heavy (non-hydrogen) atoms. The molecule has 0 aromatic rings. The van der Waals surface area contributed by atoms with Gasteiger partial charge in [-0.25, -0.2) is 0 Å². The summed E-state index contributed by atoms with van der Waals surface area (Å²) in [6, 6.07) is 0. The molecule has 0 unspecified atom stereocenters. The second kappa shape index (κ2) is 3.16. The largest absolute Gasteiger partial charge is 0.494 e. The Labute approximate surface area is 68.8 Å². The van der Waals surface area contributed by atoms with Crippen LogP contribution >= 0.6 is 0 Å². The molecule has 0 amide bonds. The molecule has 64 valence electrons. The molecule has 1 aliphatic rings. The average molecular weight is 155 g/mol. The van der Waals surface area contributed by atoms with E-state index in [1.807, 2.05) is 0 Å². The number of hydrogen-bond acceptors (Lipinski definition) is 2. The third kappa shape index (κ3) is 1.67. The number of hydrogen-bond donors (Lipinski definition) is 0. The first-order valence-corrected chi connectivity index (χ1v) is 4.17. The zero-order chi connectivity index (χ0) is 8.43. The fourth-order valence-electron chi connectivity index (χ4n) is 1.34. The normalized spacial score (nSPS) is 19.2. The van der Waals surface area contributed by atoms with Crippen LogP contribution in [0.25, 0.3) is 0 Å². The van der Waals surface area contributed by atoms with E-state index in [0.717, 1.165) is 18.9 Å². The summed E-state index contributed by atoms with van der Waals surface area (Å²) in [5, 5.41) is 0. The molecule has 2 heteroatoms. The topological polar surface area (TPSA) is 12.5 Å². The highest BCUT2D eigenvalue weighted by molar-refractivity contribution is 5.08. The molecule has 0 fully saturated rings. The van der Waals surface area contributed by atoms with Gasteiger partial charge in [0.15, 0.2) is 0 Å². The van der Waals surface area contributed by atoms with Crippen molar-refractivity contribution in [2.24, 2.45) is 5.92 Å². The van der Waals surface area contributed by atoms with E-state index in [-0.39, 0.29) is 0 Å². The lowest BCUT2D eigenvalue weighted by Gasteiger charge is -2.30. The molecular weight excluding hydrogens is 138 g/mol. The van der Waals surface area contributed by atoms with Crippen molar-refractivity contribution in [3.8, 4) is 0 Å². The standard InChI is InChI=1S/C9H17NO/c1-7(2)9-8(3)10(4)5-6-11-9/h7H,5-6H2,1-4H3. The number of rotatable bonds is 1. The molecule has 0 radical (unpaired) electrons. The summed E-state index contributed by atoms with van der Waals surface area (Å²) in [7, 11) is 2.11. The van der Waals surface area contributed by atoms with Crippen molar-refractivity contribution < 1.29 is 4.74 Å². The zero-order valence-electron chi connectivity index (χ0n) is 7.85. The summed E-state index contributed by atoms with van der Waals surface area (Å²) in [4.78, 5) is 2.25. The summed E-state index contributed by atoms with van der Waals surface area (Å²) in [6.07, 6.45) is 0. The van der Waals surface area contributed by atoms with E-state index in [4.69, 9.17) is 4.74 Å². The van der Waals surface area contributed by atoms with Gasteiger partial charge in [-0.2, -0.15) is 0 Å². The maximum Gasteiger partial charge on any atom is 0.117 e. The highest BCUT2D eigenvalue weighted by Gasteiger charge is 2.16. The van der Waals surface area contributed by atoms with Crippen LogP contribution in [0.4, 0.5) is 0 Å². The van der Waals surface area contributed by atoms with E-state index in [0.29, 0.717) is 5.92 Å². The van der Waals surface area contributed by atoms with E-state index < -0.39 is 0 Å². The zero-order valence-corrected chi connectivity index (χ0v) is 7.85. The van der Waals surface area contributed by atoms with Gasteiger partial charge in [-0.05, 0) is 6.92 Å². The fourth-order valence-corrected chi connectivity index (χ4v) is 1.34. The third-order valence-electron chi connectivity index (χ3n) is 2.14. The van der Waals surface area contributed by atoms with Crippen LogP contribution in [0.15, 0.2) is 11.5 Å². The average Bonchev–Trinajstić information content (AvgIpc) is 1.94. The van der Waals surface area contributed by atoms with Gasteiger partial charge < -0.3 is 9.64 Å². The molecule has 2 nitrogen and oxygen atoms in total. The van der Waals surface area contributed by atoms with Gasteiger partial charge in [0.2, 0.25) is 0 Å². The van der Waals surface area contributed by atoms with Gasteiger partial charge in [0.25, 0.3) is 0 Å². The minimum absolute atomic E-state index is 0.512. The quantitative estimate of drug-likeness (QED) is 0.573. The molecule has 1 rings (SSSR count). The van der Waals surface area contributed by atoms with Gasteiger partial charge in [0.1, 0.15) is 12.4 Å². The van der Waals surface area contributed by atoms with Gasteiger partial charge in [-0.3, -0.25) is 0 Å². The predicted octanol–water partition coefficient (Wildman–Crippen LogP) is 1.84. The Morgan fingerprint density at radius 2 is 2.09 bits per heavy atom. The Hall–Kier alpha value is -0.660. The number of ether oxygens (including phenoxy) is 1. The van der Waals surface area contributed by atoms with Crippen LogP contribution in [0.1, 0.15) is 20.8 Å². The Morgan fingerprint density at radius 1 is 1.45 bits per heavy atom. The van der Waals surface area contributed by atoms with Gasteiger partial charge in [0, 0.05) is 18.7 Å². The highest BCUT2D eigenvalue weighted by Crippen LogP contribution is 2.21. The molecule has 0 N–H and O–H groups in total. The smallest absolute Gasteiger partial charge is 0.117 e. The molecule has 0 aromatic carbocycles. The molecule has 0 bridgehead atoms. The summed E-state index contributed by atoms with van der Waals surface area (Å²) < 4.78 is 5.56. The lowest BCUT2D eigenvalue weighted by molar-refractivity contribution is 0.121. The molecule has 0 saturated heterocycles. The SMILES string of the molecule is CC1=C(C(C)C)OCCN1C. The second-order valence-electron chi connectivity index (χ2n) is 3.37. The Bertz CT molecular complexity index is 172. The lowest BCUT2D eigenvalue weighted by Crippen LogP contribution is -2.29. The van der Waals surface area contributed by atoms with E-state index >= 15 is 0 Å². The molecule has 0 aromatic heterocycles. The molecule has 0 aliphatic carbocycles. The van der Waals surface area contributed by atoms with Crippen LogP contribution in [-0.2, 0) is 4.74 Å². The fraction of sp³-hybridized carbons (Fsp3) is 0.778. The van der Waals surface area contributed by atoms with Crippen LogP contribution in [0, 0.1) is 5.92 Å². The van der Waals surface area contributed by atoms with Gasteiger partial charge >= 0.3 is 0 Å². The maximum absolute atomic E-state index is 5.56. The minimum Gasteiger partial charge on any atom is -0.494 e. The van der Waals surface area contributed by atoms with Crippen molar-refractivity contribution >= 4 is 0 Å². The molecular formula is C9H17NO. The Balaban J connectivity index is 2.80. The van der Waals surface area contributed by atoms with E-state index in [1.165, 1.54) is 5.70 Å². The molecule has 0 spiro atoms. The second-order valence-corrected chi connectivity index (χ2v) is 3.37. The molecule has 1 heterocycles.